The van der Waals surface area contributed by atoms with Crippen LogP contribution in [0.3, 0.4) is 0 Å². The Morgan fingerprint density at radius 3 is 2.60 bits per heavy atom. The molecule has 0 bridgehead atoms. The Morgan fingerprint density at radius 2 is 2.00 bits per heavy atom. The molecule has 2 aromatic rings. The van der Waals surface area contributed by atoms with Gasteiger partial charge in [0, 0.05) is 50.4 Å². The maximum Gasteiger partial charge on any atom is 0.221 e. The summed E-state index contributed by atoms with van der Waals surface area (Å²) in [7, 11) is 1.59. The fourth-order valence-corrected chi connectivity index (χ4v) is 4.93. The van der Waals surface area contributed by atoms with E-state index in [1.807, 2.05) is 32.6 Å². The van der Waals surface area contributed by atoms with E-state index >= 15 is 4.39 Å². The Morgan fingerprint density at radius 1 is 1.29 bits per heavy atom. The lowest BCUT2D eigenvalue weighted by Gasteiger charge is -2.34. The van der Waals surface area contributed by atoms with Crippen LogP contribution in [0.2, 0.25) is 5.02 Å². The van der Waals surface area contributed by atoms with Crippen LogP contribution in [-0.2, 0) is 15.0 Å². The number of nitrogens with one attached hydrogen (secondary N) is 1. The van der Waals surface area contributed by atoms with Gasteiger partial charge >= 0.3 is 0 Å². The Hall–Kier alpha value is -4.12. The predicted octanol–water partition coefficient (Wildman–Crippen LogP) is 5.42. The van der Waals surface area contributed by atoms with Gasteiger partial charge in [-0.1, -0.05) is 38.4 Å². The van der Waals surface area contributed by atoms with E-state index in [0.717, 1.165) is 0 Å². The van der Waals surface area contributed by atoms with Gasteiger partial charge in [0.15, 0.2) is 11.6 Å². The molecule has 2 heterocycles. The fourth-order valence-electron chi connectivity index (χ4n) is 4.69. The molecule has 42 heavy (non-hydrogen) atoms. The molecular weight excluding hydrogens is 561 g/mol. The van der Waals surface area contributed by atoms with Crippen LogP contribution in [0.4, 0.5) is 16.0 Å². The highest BCUT2D eigenvalue weighted by Crippen LogP contribution is 2.40. The van der Waals surface area contributed by atoms with Crippen molar-refractivity contribution in [3.05, 3.63) is 70.8 Å². The number of aliphatic hydroxyl groups is 1. The van der Waals surface area contributed by atoms with Crippen LogP contribution < -0.4 is 10.2 Å². The highest BCUT2D eigenvalue weighted by atomic mass is 35.5. The van der Waals surface area contributed by atoms with Crippen LogP contribution >= 0.6 is 11.6 Å². The maximum absolute atomic E-state index is 15.1. The summed E-state index contributed by atoms with van der Waals surface area (Å²) in [6.07, 6.45) is 8.43. The molecule has 0 fully saturated rings. The van der Waals surface area contributed by atoms with Crippen LogP contribution in [-0.4, -0.2) is 69.8 Å². The SMILES string of the molecule is C=CCCN(/C(=N/C)c1cc(Cl)c(C2=C(O)CCC=C2F)nc1N(C=O)c1nccnc1C(C)(C)C)C(C)CNC=O. The first-order valence-corrected chi connectivity index (χ1v) is 13.9. The number of rotatable bonds is 12. The fraction of sp³-hybridized carbons (Fsp3) is 0.400. The number of allylic oxidation sites excluding steroid dienone is 4. The predicted molar refractivity (Wildman–Crippen MR) is 164 cm³/mol. The molecule has 224 valence electrons. The zero-order valence-corrected chi connectivity index (χ0v) is 25.3. The topological polar surface area (TPSA) is 124 Å². The molecule has 1 aliphatic carbocycles. The van der Waals surface area contributed by atoms with Crippen LogP contribution in [0.15, 0.2) is 53.8 Å². The molecule has 10 nitrogen and oxygen atoms in total. The lowest BCUT2D eigenvalue weighted by atomic mass is 9.91. The van der Waals surface area contributed by atoms with Crippen molar-refractivity contribution in [2.24, 2.45) is 4.99 Å². The summed E-state index contributed by atoms with van der Waals surface area (Å²) in [5, 5.41) is 13.4. The van der Waals surface area contributed by atoms with Gasteiger partial charge in [-0.2, -0.15) is 0 Å². The normalized spacial score (nSPS) is 14.6. The summed E-state index contributed by atoms with van der Waals surface area (Å²) in [6, 6.07) is 1.31. The average Bonchev–Trinajstić information content (AvgIpc) is 2.95. The van der Waals surface area contributed by atoms with Crippen LogP contribution in [0, 0.1) is 0 Å². The number of pyridine rings is 1. The zero-order chi connectivity index (χ0) is 31.0. The first-order valence-electron chi connectivity index (χ1n) is 13.6. The third-order valence-electron chi connectivity index (χ3n) is 6.70. The molecule has 2 N–H and O–H groups in total. The van der Waals surface area contributed by atoms with Crippen molar-refractivity contribution in [2.75, 3.05) is 25.0 Å². The van der Waals surface area contributed by atoms with E-state index in [4.69, 9.17) is 16.6 Å². The third kappa shape index (κ3) is 7.02. The molecule has 0 aliphatic heterocycles. The summed E-state index contributed by atoms with van der Waals surface area (Å²) in [6.45, 7) is 12.3. The number of carbonyl (C=O) groups excluding carboxylic acids is 2. The minimum absolute atomic E-state index is 0.0295. The number of aliphatic imine (C=N–C) groups is 1. The third-order valence-corrected chi connectivity index (χ3v) is 6.99. The Kier molecular flexibility index (Phi) is 10.9. The van der Waals surface area contributed by atoms with Gasteiger partial charge in [-0.05, 0) is 31.9 Å². The summed E-state index contributed by atoms with van der Waals surface area (Å²) in [4.78, 5) is 45.4. The number of amides is 2. The Balaban J connectivity index is 2.38. The van der Waals surface area contributed by atoms with E-state index in [-0.39, 0.29) is 46.1 Å². The molecule has 1 atom stereocenters. The van der Waals surface area contributed by atoms with E-state index < -0.39 is 11.2 Å². The zero-order valence-electron chi connectivity index (χ0n) is 24.6. The van der Waals surface area contributed by atoms with Gasteiger partial charge < -0.3 is 15.3 Å². The lowest BCUT2D eigenvalue weighted by molar-refractivity contribution is -0.109. The highest BCUT2D eigenvalue weighted by Gasteiger charge is 2.32. The first-order chi connectivity index (χ1) is 20.0. The number of hydrogen-bond acceptors (Lipinski definition) is 7. The van der Waals surface area contributed by atoms with E-state index in [1.54, 1.807) is 19.2 Å². The minimum atomic E-state index is -0.662. The number of anilines is 2. The number of carbonyl (C=O) groups is 2. The summed E-state index contributed by atoms with van der Waals surface area (Å²) in [5.41, 5.74) is 0.201. The summed E-state index contributed by atoms with van der Waals surface area (Å²) in [5.74, 6) is -0.150. The smallest absolute Gasteiger partial charge is 0.221 e. The molecule has 1 aliphatic rings. The van der Waals surface area contributed by atoms with E-state index in [9.17, 15) is 14.7 Å². The van der Waals surface area contributed by atoms with Crippen molar-refractivity contribution in [2.45, 2.75) is 58.4 Å². The van der Waals surface area contributed by atoms with Crippen molar-refractivity contribution < 1.29 is 19.1 Å². The van der Waals surface area contributed by atoms with Gasteiger partial charge in [0.2, 0.25) is 12.8 Å². The molecule has 0 spiro atoms. The minimum Gasteiger partial charge on any atom is -0.511 e. The Bertz CT molecular complexity index is 1420. The van der Waals surface area contributed by atoms with Crippen LogP contribution in [0.25, 0.3) is 5.57 Å². The van der Waals surface area contributed by atoms with Gasteiger partial charge in [0.25, 0.3) is 0 Å². The highest BCUT2D eigenvalue weighted by molar-refractivity contribution is 6.33. The van der Waals surface area contributed by atoms with Crippen molar-refractivity contribution in [1.82, 2.24) is 25.2 Å². The molecule has 0 saturated heterocycles. The molecule has 3 rings (SSSR count). The van der Waals surface area contributed by atoms with Crippen LogP contribution in [0.1, 0.15) is 63.9 Å². The van der Waals surface area contributed by atoms with Crippen molar-refractivity contribution in [3.8, 4) is 0 Å². The van der Waals surface area contributed by atoms with E-state index in [0.29, 0.717) is 55.8 Å². The first kappa shape index (κ1) is 32.4. The van der Waals surface area contributed by atoms with Crippen molar-refractivity contribution in [1.29, 1.82) is 0 Å². The molecule has 1 unspecified atom stereocenters. The number of nitrogens with zero attached hydrogens (tertiary/aromatic N) is 6. The summed E-state index contributed by atoms with van der Waals surface area (Å²) < 4.78 is 15.1. The second-order valence-electron chi connectivity index (χ2n) is 10.7. The maximum atomic E-state index is 15.1. The van der Waals surface area contributed by atoms with Gasteiger partial charge in [-0.3, -0.25) is 19.6 Å². The van der Waals surface area contributed by atoms with E-state index in [1.165, 1.54) is 23.4 Å². The van der Waals surface area contributed by atoms with Crippen molar-refractivity contribution >= 4 is 47.5 Å². The largest absolute Gasteiger partial charge is 0.511 e. The number of hydrogen-bond donors (Lipinski definition) is 2. The molecule has 12 heteroatoms. The monoisotopic (exact) mass is 597 g/mol. The molecule has 2 aromatic heterocycles. The second kappa shape index (κ2) is 14.2. The van der Waals surface area contributed by atoms with E-state index in [2.05, 4.69) is 26.9 Å². The molecule has 0 aromatic carbocycles. The summed E-state index contributed by atoms with van der Waals surface area (Å²) >= 11 is 6.75. The molecular formula is C30H37ClFN7O3. The van der Waals surface area contributed by atoms with Crippen LogP contribution in [0.5, 0.6) is 0 Å². The standard InChI is InChI=1S/C30H37ClFN7O3/c1-7-8-14-38(19(2)16-34-17-40)27(33-6)20-15-21(31)25(24-22(32)10-9-11-23(24)42)37-28(20)39(18-41)29-26(30(3,4)5)35-12-13-36-29/h7,10,12-13,15,17-19,42H,1,8-9,11,14,16H2,2-6H3,(H,34,40)/b33-27+. The van der Waals surface area contributed by atoms with Gasteiger partial charge in [-0.15, -0.1) is 6.58 Å². The second-order valence-corrected chi connectivity index (χ2v) is 11.2. The van der Waals surface area contributed by atoms with Gasteiger partial charge in [0.05, 0.1) is 27.5 Å². The quantitative estimate of drug-likeness (QED) is 0.145. The number of halogens is 2. The molecule has 0 radical (unpaired) electrons. The number of amidine groups is 1. The van der Waals surface area contributed by atoms with Gasteiger partial charge in [0.1, 0.15) is 17.4 Å². The number of aliphatic hydroxyl groups excluding tert-OH is 1. The number of aromatic nitrogens is 3. The average molecular weight is 598 g/mol. The van der Waals surface area contributed by atoms with Gasteiger partial charge in [-0.25, -0.2) is 19.3 Å². The van der Waals surface area contributed by atoms with Crippen molar-refractivity contribution in [3.63, 3.8) is 0 Å². The molecule has 2 amide bonds. The Labute approximate surface area is 250 Å². The lowest BCUT2D eigenvalue weighted by Crippen LogP contribution is -2.45. The molecule has 0 saturated carbocycles.